The molecule has 9 aromatic carbocycles. The van der Waals surface area contributed by atoms with Crippen LogP contribution in [0.15, 0.2) is 216 Å². The number of nitrogens with one attached hydrogen (secondary N) is 1. The van der Waals surface area contributed by atoms with E-state index in [2.05, 4.69) is 193 Å². The minimum absolute atomic E-state index is 0.281. The standard InChI is InChI=1S/C57H36N2O/c1-3-15-36(16-4-1)46-33-40-19-7-8-20-41(40)52-51(46)44-32-31-39(34-49(44)57(52)47-24-12-9-21-42(47)43-22-10-13-25-48(43)57)35-27-29-38(30-28-35)56-58-53(37-17-5-2-6-18-37)55-54(59-56)45-23-11-14-26-50(45)60-55/h1-34,56,59H. The highest BCUT2D eigenvalue weighted by Gasteiger charge is 2.53. The molecule has 0 saturated carbocycles. The number of fused-ring (bicyclic) bond motifs is 15. The summed E-state index contributed by atoms with van der Waals surface area (Å²) in [4.78, 5) is 5.29. The van der Waals surface area contributed by atoms with Gasteiger partial charge in [-0.05, 0) is 107 Å². The maximum Gasteiger partial charge on any atom is 0.177 e. The number of rotatable bonds is 4. The van der Waals surface area contributed by atoms with Crippen molar-refractivity contribution in [2.75, 3.05) is 5.32 Å². The first-order valence-corrected chi connectivity index (χ1v) is 20.7. The smallest absolute Gasteiger partial charge is 0.177 e. The Bertz CT molecular complexity index is 3350. The molecule has 60 heavy (non-hydrogen) atoms. The van der Waals surface area contributed by atoms with Gasteiger partial charge in [0.15, 0.2) is 5.76 Å². The zero-order chi connectivity index (χ0) is 39.4. The van der Waals surface area contributed by atoms with Crippen molar-refractivity contribution in [1.29, 1.82) is 0 Å². The van der Waals surface area contributed by atoms with Gasteiger partial charge in [0.2, 0.25) is 0 Å². The third-order valence-electron chi connectivity index (χ3n) is 13.1. The predicted octanol–water partition coefficient (Wildman–Crippen LogP) is 14.2. The van der Waals surface area contributed by atoms with E-state index in [1.807, 2.05) is 18.2 Å². The number of benzene rings is 9. The van der Waals surface area contributed by atoms with Crippen LogP contribution in [0.1, 0.15) is 45.3 Å². The molecule has 1 aromatic heterocycles. The molecule has 2 heterocycles. The van der Waals surface area contributed by atoms with Gasteiger partial charge in [0.05, 0.1) is 11.1 Å². The van der Waals surface area contributed by atoms with Crippen LogP contribution in [0, 0.1) is 0 Å². The number of nitrogens with zero attached hydrogens (tertiary/aromatic N) is 1. The molecule has 1 N–H and O–H groups in total. The highest BCUT2D eigenvalue weighted by atomic mass is 16.3. The summed E-state index contributed by atoms with van der Waals surface area (Å²) in [6.45, 7) is 0. The van der Waals surface area contributed by atoms with E-state index in [1.165, 1.54) is 72.0 Å². The van der Waals surface area contributed by atoms with E-state index in [9.17, 15) is 0 Å². The van der Waals surface area contributed by atoms with Gasteiger partial charge < -0.3 is 9.73 Å². The molecule has 13 rings (SSSR count). The summed E-state index contributed by atoms with van der Waals surface area (Å²) in [7, 11) is 0. The van der Waals surface area contributed by atoms with Crippen LogP contribution in [0.4, 0.5) is 5.69 Å². The first-order valence-electron chi connectivity index (χ1n) is 20.7. The highest BCUT2D eigenvalue weighted by Crippen LogP contribution is 2.65. The van der Waals surface area contributed by atoms with E-state index in [-0.39, 0.29) is 6.17 Å². The number of hydrogen-bond acceptors (Lipinski definition) is 3. The van der Waals surface area contributed by atoms with Crippen molar-refractivity contribution in [1.82, 2.24) is 0 Å². The quantitative estimate of drug-likeness (QED) is 0.194. The molecule has 1 atom stereocenters. The zero-order valence-corrected chi connectivity index (χ0v) is 32.6. The van der Waals surface area contributed by atoms with Crippen molar-refractivity contribution < 1.29 is 4.42 Å². The Morgan fingerprint density at radius 1 is 0.450 bits per heavy atom. The Balaban J connectivity index is 0.999. The Morgan fingerprint density at radius 3 is 1.82 bits per heavy atom. The number of aliphatic imine (C=N–C) groups is 1. The maximum absolute atomic E-state index is 6.42. The maximum atomic E-state index is 6.42. The minimum atomic E-state index is -0.502. The summed E-state index contributed by atoms with van der Waals surface area (Å²) < 4.78 is 6.42. The van der Waals surface area contributed by atoms with Crippen molar-refractivity contribution >= 4 is 33.1 Å². The molecule has 1 spiro atoms. The Morgan fingerprint density at radius 2 is 1.07 bits per heavy atom. The molecule has 0 radical (unpaired) electrons. The van der Waals surface area contributed by atoms with Crippen LogP contribution in [0.3, 0.4) is 0 Å². The lowest BCUT2D eigenvalue weighted by molar-refractivity contribution is 0.599. The van der Waals surface area contributed by atoms with E-state index in [1.54, 1.807) is 0 Å². The van der Waals surface area contributed by atoms with Crippen LogP contribution in [-0.2, 0) is 5.41 Å². The summed E-state index contributed by atoms with van der Waals surface area (Å²) in [5.41, 5.74) is 19.8. The van der Waals surface area contributed by atoms with Crippen LogP contribution in [0.5, 0.6) is 0 Å². The van der Waals surface area contributed by atoms with Crippen molar-refractivity contribution in [2.24, 2.45) is 4.99 Å². The molecule has 0 saturated heterocycles. The van der Waals surface area contributed by atoms with Crippen LogP contribution in [-0.4, -0.2) is 5.71 Å². The molecule has 0 amide bonds. The first kappa shape index (κ1) is 33.2. The second-order valence-electron chi connectivity index (χ2n) is 16.2. The van der Waals surface area contributed by atoms with Gasteiger partial charge in [0, 0.05) is 10.9 Å². The largest absolute Gasteiger partial charge is 0.452 e. The molecule has 280 valence electrons. The summed E-state index contributed by atoms with van der Waals surface area (Å²) >= 11 is 0. The van der Waals surface area contributed by atoms with Gasteiger partial charge in [-0.25, -0.2) is 0 Å². The third kappa shape index (κ3) is 4.57. The first-order chi connectivity index (χ1) is 29.8. The third-order valence-corrected chi connectivity index (χ3v) is 13.1. The number of anilines is 1. The molecule has 3 nitrogen and oxygen atoms in total. The predicted molar refractivity (Wildman–Crippen MR) is 246 cm³/mol. The van der Waals surface area contributed by atoms with Gasteiger partial charge in [0.1, 0.15) is 17.5 Å². The van der Waals surface area contributed by atoms with Crippen molar-refractivity contribution in [3.63, 3.8) is 0 Å². The van der Waals surface area contributed by atoms with Crippen LogP contribution < -0.4 is 5.32 Å². The van der Waals surface area contributed by atoms with E-state index in [0.717, 1.165) is 44.8 Å². The normalized spacial score (nSPS) is 15.2. The van der Waals surface area contributed by atoms with Crippen LogP contribution >= 0.6 is 0 Å². The molecule has 1 unspecified atom stereocenters. The van der Waals surface area contributed by atoms with Gasteiger partial charge in [-0.15, -0.1) is 0 Å². The van der Waals surface area contributed by atoms with E-state index in [0.29, 0.717) is 0 Å². The molecule has 2 aliphatic carbocycles. The van der Waals surface area contributed by atoms with Crippen molar-refractivity contribution in [3.05, 3.63) is 245 Å². The topological polar surface area (TPSA) is 37.5 Å². The van der Waals surface area contributed by atoms with Gasteiger partial charge >= 0.3 is 0 Å². The van der Waals surface area contributed by atoms with E-state index < -0.39 is 5.41 Å². The lowest BCUT2D eigenvalue weighted by Gasteiger charge is -2.32. The van der Waals surface area contributed by atoms with Crippen LogP contribution in [0.25, 0.3) is 66.2 Å². The number of furan rings is 1. The average molecular weight is 765 g/mol. The molecule has 3 heteroatoms. The lowest BCUT2D eigenvalue weighted by Crippen LogP contribution is -2.26. The summed E-state index contributed by atoms with van der Waals surface area (Å²) in [6.07, 6.45) is -0.281. The molecule has 0 bridgehead atoms. The van der Waals surface area contributed by atoms with Gasteiger partial charge in [-0.3, -0.25) is 4.99 Å². The fourth-order valence-corrected chi connectivity index (χ4v) is 10.6. The minimum Gasteiger partial charge on any atom is -0.452 e. The highest BCUT2D eigenvalue weighted by molar-refractivity contribution is 6.19. The summed E-state index contributed by atoms with van der Waals surface area (Å²) in [5, 5.41) is 7.35. The Labute approximate surface area is 348 Å². The molecule has 3 aliphatic rings. The fourth-order valence-electron chi connectivity index (χ4n) is 10.6. The number of hydrogen-bond donors (Lipinski definition) is 1. The fraction of sp³-hybridized carbons (Fsp3) is 0.0351. The van der Waals surface area contributed by atoms with Gasteiger partial charge in [0.25, 0.3) is 0 Å². The second-order valence-corrected chi connectivity index (χ2v) is 16.2. The molecular formula is C57H36N2O. The SMILES string of the molecule is c1ccc(C2=NC(c3ccc(-c4ccc5c(c4)C4(c6ccccc6-c6ccccc64)c4c-5c(-c5ccccc5)cc5ccccc45)cc3)Nc3c2oc2ccccc32)cc1. The van der Waals surface area contributed by atoms with Crippen molar-refractivity contribution in [3.8, 4) is 44.5 Å². The second kappa shape index (κ2) is 12.6. The lowest BCUT2D eigenvalue weighted by atomic mass is 9.69. The average Bonchev–Trinajstić information content (AvgIpc) is 3.96. The van der Waals surface area contributed by atoms with Gasteiger partial charge in [-0.1, -0.05) is 182 Å². The summed E-state index contributed by atoms with van der Waals surface area (Å²) in [5.74, 6) is 0.779. The number of para-hydroxylation sites is 1. The van der Waals surface area contributed by atoms with Gasteiger partial charge in [-0.2, -0.15) is 0 Å². The molecular weight excluding hydrogens is 729 g/mol. The van der Waals surface area contributed by atoms with Crippen LogP contribution in [0.2, 0.25) is 0 Å². The molecule has 0 fully saturated rings. The summed E-state index contributed by atoms with van der Waals surface area (Å²) in [6, 6.07) is 75.2. The van der Waals surface area contributed by atoms with E-state index in [4.69, 9.17) is 9.41 Å². The molecule has 1 aliphatic heterocycles. The zero-order valence-electron chi connectivity index (χ0n) is 32.6. The Kier molecular flexibility index (Phi) is 6.99. The molecule has 10 aromatic rings. The Hall–Kier alpha value is -7.75. The van der Waals surface area contributed by atoms with Crippen molar-refractivity contribution in [2.45, 2.75) is 11.6 Å². The monoisotopic (exact) mass is 764 g/mol. The van der Waals surface area contributed by atoms with E-state index >= 15 is 0 Å².